The monoisotopic (exact) mass is 494 g/mol. The fourth-order valence-electron chi connectivity index (χ4n) is 4.64. The van der Waals surface area contributed by atoms with E-state index in [1.165, 1.54) is 10.1 Å². The number of methoxy groups -OCH3 is 1. The van der Waals surface area contributed by atoms with Crippen LogP contribution in [0.2, 0.25) is 0 Å². The zero-order valence-electron chi connectivity index (χ0n) is 21.3. The van der Waals surface area contributed by atoms with Gasteiger partial charge in [0.1, 0.15) is 5.75 Å². The van der Waals surface area contributed by atoms with Crippen molar-refractivity contribution >= 4 is 11.2 Å². The molecule has 188 valence electrons. The first-order chi connectivity index (χ1) is 18.0. The smallest absolute Gasteiger partial charge is 0.337 e. The molecule has 7 heteroatoms. The maximum Gasteiger partial charge on any atom is 0.337 e. The van der Waals surface area contributed by atoms with E-state index in [-0.39, 0.29) is 12.1 Å². The number of aryl methyl sites for hydroxylation is 1. The molecule has 0 spiro atoms. The second-order valence-corrected chi connectivity index (χ2v) is 9.41. The molecule has 7 nitrogen and oxygen atoms in total. The van der Waals surface area contributed by atoms with E-state index in [1.54, 1.807) is 22.6 Å². The third-order valence-corrected chi connectivity index (χ3v) is 6.72. The van der Waals surface area contributed by atoms with Crippen LogP contribution in [0.4, 0.5) is 0 Å². The van der Waals surface area contributed by atoms with Gasteiger partial charge in [-0.1, -0.05) is 74.5 Å². The summed E-state index contributed by atoms with van der Waals surface area (Å²) >= 11 is 0. The number of aromatic nitrogens is 4. The Hall–Kier alpha value is -4.39. The van der Waals surface area contributed by atoms with Crippen LogP contribution in [0.1, 0.15) is 36.5 Å². The molecule has 2 aromatic heterocycles. The predicted octanol–water partition coefficient (Wildman–Crippen LogP) is 4.77. The molecule has 0 unspecified atom stereocenters. The van der Waals surface area contributed by atoms with Gasteiger partial charge < -0.3 is 9.30 Å². The molecule has 0 amide bonds. The number of fused-ring (bicyclic) bond motifs is 1. The maximum atomic E-state index is 13.8. The standard InChI is InChI=1S/C30H30N4O3/c1-21(2)23-13-15-25(16-14-23)34-28-27(32(20-31-28)19-24-11-7-8-12-26(24)37-3)29(35)33(30(34)36)18-17-22-9-5-4-6-10-22/h4-16,20-21H,17-19H2,1-3H3. The Morgan fingerprint density at radius 3 is 2.30 bits per heavy atom. The van der Waals surface area contributed by atoms with Gasteiger partial charge in [0.15, 0.2) is 11.2 Å². The summed E-state index contributed by atoms with van der Waals surface area (Å²) < 4.78 is 10.2. The van der Waals surface area contributed by atoms with Crippen LogP contribution >= 0.6 is 0 Å². The number of para-hydroxylation sites is 1. The molecular weight excluding hydrogens is 464 g/mol. The highest BCUT2D eigenvalue weighted by Crippen LogP contribution is 2.22. The van der Waals surface area contributed by atoms with Gasteiger partial charge in [-0.2, -0.15) is 0 Å². The molecule has 0 aliphatic heterocycles. The topological polar surface area (TPSA) is 71.1 Å². The molecule has 0 saturated heterocycles. The van der Waals surface area contributed by atoms with Gasteiger partial charge in [-0.25, -0.2) is 14.3 Å². The van der Waals surface area contributed by atoms with E-state index in [0.29, 0.717) is 35.7 Å². The summed E-state index contributed by atoms with van der Waals surface area (Å²) in [4.78, 5) is 32.1. The van der Waals surface area contributed by atoms with Gasteiger partial charge in [0.2, 0.25) is 0 Å². The Bertz CT molecular complexity index is 1650. The number of hydrogen-bond acceptors (Lipinski definition) is 4. The normalized spacial score (nSPS) is 11.4. The summed E-state index contributed by atoms with van der Waals surface area (Å²) in [5, 5.41) is 0. The number of hydrogen-bond donors (Lipinski definition) is 0. The van der Waals surface area contributed by atoms with Crippen molar-refractivity contribution in [2.75, 3.05) is 7.11 Å². The fourth-order valence-corrected chi connectivity index (χ4v) is 4.64. The lowest BCUT2D eigenvalue weighted by atomic mass is 10.0. The summed E-state index contributed by atoms with van der Waals surface area (Å²) in [5.41, 5.74) is 3.81. The first-order valence-corrected chi connectivity index (χ1v) is 12.4. The Kier molecular flexibility index (Phi) is 6.77. The van der Waals surface area contributed by atoms with Crippen molar-refractivity contribution in [3.8, 4) is 11.4 Å². The minimum Gasteiger partial charge on any atom is -0.496 e. The summed E-state index contributed by atoms with van der Waals surface area (Å²) in [6.07, 6.45) is 2.19. The van der Waals surface area contributed by atoms with Crippen molar-refractivity contribution in [2.24, 2.45) is 0 Å². The molecule has 2 heterocycles. The van der Waals surface area contributed by atoms with Crippen molar-refractivity contribution in [1.29, 1.82) is 0 Å². The second kappa shape index (κ2) is 10.3. The van der Waals surface area contributed by atoms with Crippen LogP contribution in [0.25, 0.3) is 16.9 Å². The molecule has 0 saturated carbocycles. The van der Waals surface area contributed by atoms with Crippen LogP contribution in [0.15, 0.2) is 94.8 Å². The van der Waals surface area contributed by atoms with E-state index in [1.807, 2.05) is 78.9 Å². The predicted molar refractivity (Wildman–Crippen MR) is 146 cm³/mol. The fraction of sp³-hybridized carbons (Fsp3) is 0.233. The van der Waals surface area contributed by atoms with Crippen molar-refractivity contribution in [1.82, 2.24) is 18.7 Å². The molecule has 0 radical (unpaired) electrons. The first kappa shape index (κ1) is 24.3. The summed E-state index contributed by atoms with van der Waals surface area (Å²) in [7, 11) is 1.62. The average Bonchev–Trinajstić information content (AvgIpc) is 3.33. The Balaban J connectivity index is 1.68. The average molecular weight is 495 g/mol. The number of ether oxygens (including phenoxy) is 1. The Morgan fingerprint density at radius 1 is 0.892 bits per heavy atom. The van der Waals surface area contributed by atoms with Crippen molar-refractivity contribution in [2.45, 2.75) is 39.3 Å². The number of nitrogens with zero attached hydrogens (tertiary/aromatic N) is 4. The molecular formula is C30H30N4O3. The highest BCUT2D eigenvalue weighted by atomic mass is 16.5. The van der Waals surface area contributed by atoms with E-state index in [9.17, 15) is 9.59 Å². The quantitative estimate of drug-likeness (QED) is 0.312. The molecule has 0 bridgehead atoms. The summed E-state index contributed by atoms with van der Waals surface area (Å²) in [6, 6.07) is 25.4. The van der Waals surface area contributed by atoms with Crippen LogP contribution in [0.3, 0.4) is 0 Å². The Morgan fingerprint density at radius 2 is 1.59 bits per heavy atom. The Labute approximate surface area is 215 Å². The van der Waals surface area contributed by atoms with E-state index < -0.39 is 5.69 Å². The number of imidazole rings is 1. The van der Waals surface area contributed by atoms with Gasteiger partial charge in [-0.05, 0) is 41.7 Å². The zero-order chi connectivity index (χ0) is 25.9. The van der Waals surface area contributed by atoms with E-state index in [4.69, 9.17) is 4.74 Å². The van der Waals surface area contributed by atoms with Crippen molar-refractivity contribution in [3.05, 3.63) is 123 Å². The van der Waals surface area contributed by atoms with Crippen LogP contribution in [0, 0.1) is 0 Å². The zero-order valence-corrected chi connectivity index (χ0v) is 21.3. The lowest BCUT2D eigenvalue weighted by Gasteiger charge is -2.14. The van der Waals surface area contributed by atoms with Gasteiger partial charge in [-0.3, -0.25) is 9.36 Å². The molecule has 37 heavy (non-hydrogen) atoms. The van der Waals surface area contributed by atoms with Crippen LogP contribution < -0.4 is 16.0 Å². The second-order valence-electron chi connectivity index (χ2n) is 9.41. The third kappa shape index (κ3) is 4.72. The minimum atomic E-state index is -0.395. The summed E-state index contributed by atoms with van der Waals surface area (Å²) in [6.45, 7) is 4.91. The van der Waals surface area contributed by atoms with E-state index in [0.717, 1.165) is 16.9 Å². The molecule has 0 fully saturated rings. The van der Waals surface area contributed by atoms with Crippen LogP contribution in [-0.4, -0.2) is 25.8 Å². The SMILES string of the molecule is COc1ccccc1Cn1cnc2c1c(=O)n(CCc1ccccc1)c(=O)n2-c1ccc(C(C)C)cc1. The molecule has 0 aliphatic rings. The first-order valence-electron chi connectivity index (χ1n) is 12.4. The highest BCUT2D eigenvalue weighted by Gasteiger charge is 2.20. The molecule has 5 aromatic rings. The summed E-state index contributed by atoms with van der Waals surface area (Å²) in [5.74, 6) is 1.09. The van der Waals surface area contributed by atoms with E-state index >= 15 is 0 Å². The highest BCUT2D eigenvalue weighted by molar-refractivity contribution is 5.72. The van der Waals surface area contributed by atoms with Crippen molar-refractivity contribution < 1.29 is 4.74 Å². The van der Waals surface area contributed by atoms with Gasteiger partial charge in [0.25, 0.3) is 5.56 Å². The molecule has 5 rings (SSSR count). The molecule has 3 aromatic carbocycles. The largest absolute Gasteiger partial charge is 0.496 e. The molecule has 0 atom stereocenters. The lowest BCUT2D eigenvalue weighted by molar-refractivity contribution is 0.408. The van der Waals surface area contributed by atoms with Crippen LogP contribution in [0.5, 0.6) is 5.75 Å². The molecule has 0 aliphatic carbocycles. The van der Waals surface area contributed by atoms with E-state index in [2.05, 4.69) is 18.8 Å². The van der Waals surface area contributed by atoms with Gasteiger partial charge in [0.05, 0.1) is 25.7 Å². The third-order valence-electron chi connectivity index (χ3n) is 6.72. The lowest BCUT2D eigenvalue weighted by Crippen LogP contribution is -2.40. The number of rotatable bonds is 8. The minimum absolute atomic E-state index is 0.265. The number of benzene rings is 3. The van der Waals surface area contributed by atoms with Gasteiger partial charge in [0, 0.05) is 12.1 Å². The van der Waals surface area contributed by atoms with Gasteiger partial charge >= 0.3 is 5.69 Å². The van der Waals surface area contributed by atoms with Crippen LogP contribution in [-0.2, 0) is 19.5 Å². The molecule has 0 N–H and O–H groups in total. The van der Waals surface area contributed by atoms with Crippen molar-refractivity contribution in [3.63, 3.8) is 0 Å². The maximum absolute atomic E-state index is 13.8. The van der Waals surface area contributed by atoms with Gasteiger partial charge in [-0.15, -0.1) is 0 Å².